The molecule has 1 fully saturated rings. The number of nitrogens with two attached hydrogens (primary N) is 1. The summed E-state index contributed by atoms with van der Waals surface area (Å²) >= 11 is 0. The van der Waals surface area contributed by atoms with Gasteiger partial charge in [0.25, 0.3) is 0 Å². The van der Waals surface area contributed by atoms with Crippen LogP contribution in [0, 0.1) is 5.41 Å². The number of hydrogen-bond donors (Lipinski definition) is 3. The summed E-state index contributed by atoms with van der Waals surface area (Å²) in [6, 6.07) is 0. The highest BCUT2D eigenvalue weighted by Gasteiger charge is 2.35. The Balaban J connectivity index is 0.00000144. The van der Waals surface area contributed by atoms with Gasteiger partial charge in [0.1, 0.15) is 5.82 Å². The van der Waals surface area contributed by atoms with Crippen LogP contribution in [0.5, 0.6) is 0 Å². The second-order valence-corrected chi connectivity index (χ2v) is 6.80. The van der Waals surface area contributed by atoms with Gasteiger partial charge in [-0.3, -0.25) is 0 Å². The van der Waals surface area contributed by atoms with Crippen molar-refractivity contribution in [2.75, 3.05) is 43.9 Å². The third-order valence-corrected chi connectivity index (χ3v) is 5.11. The van der Waals surface area contributed by atoms with E-state index in [1.165, 1.54) is 18.4 Å². The minimum atomic E-state index is 0. The maximum Gasteiger partial charge on any atom is 0.222 e. The van der Waals surface area contributed by atoms with Crippen LogP contribution in [0.2, 0.25) is 0 Å². The van der Waals surface area contributed by atoms with E-state index in [1.807, 2.05) is 0 Å². The summed E-state index contributed by atoms with van der Waals surface area (Å²) in [6.45, 7) is 2.97. The number of nitrogen functional groups attached to an aromatic ring is 1. The Labute approximate surface area is 156 Å². The van der Waals surface area contributed by atoms with Crippen molar-refractivity contribution in [1.82, 2.24) is 15.3 Å². The highest BCUT2D eigenvalue weighted by Crippen LogP contribution is 2.39. The van der Waals surface area contributed by atoms with E-state index in [4.69, 9.17) is 5.73 Å². The van der Waals surface area contributed by atoms with Crippen LogP contribution in [0.1, 0.15) is 36.9 Å². The van der Waals surface area contributed by atoms with Crippen molar-refractivity contribution >= 4 is 36.6 Å². The molecular weight excluding hydrogens is 349 g/mol. The normalized spacial score (nSPS) is 18.8. The van der Waals surface area contributed by atoms with Crippen molar-refractivity contribution in [2.45, 2.75) is 38.5 Å². The van der Waals surface area contributed by atoms with Crippen LogP contribution < -0.4 is 16.0 Å². The summed E-state index contributed by atoms with van der Waals surface area (Å²) in [7, 11) is 2.07. The Kier molecular flexibility index (Phi) is 7.99. The number of nitrogens with zero attached hydrogens (tertiary/aromatic N) is 3. The third kappa shape index (κ3) is 4.42. The van der Waals surface area contributed by atoms with Gasteiger partial charge in [-0.25, -0.2) is 4.98 Å². The van der Waals surface area contributed by atoms with Gasteiger partial charge >= 0.3 is 0 Å². The third-order valence-electron chi connectivity index (χ3n) is 5.11. The van der Waals surface area contributed by atoms with E-state index in [1.54, 1.807) is 0 Å². The molecule has 24 heavy (non-hydrogen) atoms. The second-order valence-electron chi connectivity index (χ2n) is 6.80. The molecule has 0 saturated heterocycles. The van der Waals surface area contributed by atoms with Crippen LogP contribution in [0.4, 0.5) is 11.8 Å². The fourth-order valence-electron chi connectivity index (χ4n) is 3.93. The monoisotopic (exact) mass is 377 g/mol. The lowest BCUT2D eigenvalue weighted by atomic mass is 9.86. The van der Waals surface area contributed by atoms with Gasteiger partial charge in [-0.05, 0) is 25.8 Å². The van der Waals surface area contributed by atoms with Crippen LogP contribution >= 0.6 is 24.8 Å². The van der Waals surface area contributed by atoms with Crippen LogP contribution in [0.25, 0.3) is 0 Å². The SMILES string of the molecule is CN(CC1(CO)CCCC1)c1nc(N)nc2c1CCNCC2.Cl.Cl. The molecular formula is C16H29Cl2N5O. The summed E-state index contributed by atoms with van der Waals surface area (Å²) < 4.78 is 0. The second kappa shape index (κ2) is 9.04. The van der Waals surface area contributed by atoms with Crippen molar-refractivity contribution in [1.29, 1.82) is 0 Å². The minimum Gasteiger partial charge on any atom is -0.396 e. The summed E-state index contributed by atoms with van der Waals surface area (Å²) in [4.78, 5) is 11.1. The molecule has 0 atom stereocenters. The van der Waals surface area contributed by atoms with Gasteiger partial charge in [-0.2, -0.15) is 4.98 Å². The van der Waals surface area contributed by atoms with Crippen molar-refractivity contribution in [2.24, 2.45) is 5.41 Å². The molecule has 8 heteroatoms. The largest absolute Gasteiger partial charge is 0.396 e. The van der Waals surface area contributed by atoms with Gasteiger partial charge in [-0.15, -0.1) is 24.8 Å². The first-order chi connectivity index (χ1) is 10.6. The number of fused-ring (bicyclic) bond motifs is 1. The summed E-state index contributed by atoms with van der Waals surface area (Å²) in [5, 5.41) is 13.3. The molecule has 2 aliphatic rings. The smallest absolute Gasteiger partial charge is 0.222 e. The molecule has 0 bridgehead atoms. The molecule has 0 unspecified atom stereocenters. The summed E-state index contributed by atoms with van der Waals surface area (Å²) in [6.07, 6.45) is 6.44. The van der Waals surface area contributed by atoms with Crippen molar-refractivity contribution in [3.05, 3.63) is 11.3 Å². The number of anilines is 2. The molecule has 3 rings (SSSR count). The summed E-state index contributed by atoms with van der Waals surface area (Å²) in [5.74, 6) is 1.30. The van der Waals surface area contributed by atoms with Gasteiger partial charge in [0.2, 0.25) is 5.95 Å². The molecule has 0 aromatic carbocycles. The molecule has 0 radical (unpaired) electrons. The molecule has 1 aliphatic carbocycles. The zero-order chi connectivity index (χ0) is 15.6. The Morgan fingerprint density at radius 3 is 2.50 bits per heavy atom. The fourth-order valence-corrected chi connectivity index (χ4v) is 3.93. The highest BCUT2D eigenvalue weighted by molar-refractivity contribution is 5.85. The van der Waals surface area contributed by atoms with Crippen LogP contribution in [0.15, 0.2) is 0 Å². The number of nitrogens with one attached hydrogen (secondary N) is 1. The summed E-state index contributed by atoms with van der Waals surface area (Å²) in [5.41, 5.74) is 8.23. The molecule has 1 aromatic heterocycles. The zero-order valence-electron chi connectivity index (χ0n) is 14.3. The molecule has 1 aliphatic heterocycles. The Morgan fingerprint density at radius 2 is 1.83 bits per heavy atom. The van der Waals surface area contributed by atoms with Crippen molar-refractivity contribution in [3.63, 3.8) is 0 Å². The molecule has 1 aromatic rings. The van der Waals surface area contributed by atoms with E-state index in [0.717, 1.165) is 56.8 Å². The standard InChI is InChI=1S/C16H27N5O.2ClH/c1-21(10-16(11-22)6-2-3-7-16)14-12-4-8-18-9-5-13(12)19-15(17)20-14;;/h18,22H,2-11H2,1H3,(H2,17,19,20);2*1H. The lowest BCUT2D eigenvalue weighted by Crippen LogP contribution is -2.37. The van der Waals surface area contributed by atoms with Gasteiger partial charge in [0.05, 0.1) is 12.3 Å². The number of halogens is 2. The van der Waals surface area contributed by atoms with E-state index >= 15 is 0 Å². The first kappa shape index (κ1) is 21.2. The molecule has 4 N–H and O–H groups in total. The first-order valence-electron chi connectivity index (χ1n) is 8.31. The van der Waals surface area contributed by atoms with E-state index < -0.39 is 0 Å². The zero-order valence-corrected chi connectivity index (χ0v) is 15.9. The first-order valence-corrected chi connectivity index (χ1v) is 8.31. The predicted octanol–water partition coefficient (Wildman–Crippen LogP) is 1.58. The van der Waals surface area contributed by atoms with Gasteiger partial charge in [0.15, 0.2) is 0 Å². The number of hydrogen-bond acceptors (Lipinski definition) is 6. The quantitative estimate of drug-likeness (QED) is 0.738. The molecule has 1 saturated carbocycles. The average molecular weight is 378 g/mol. The average Bonchev–Trinajstić information content (AvgIpc) is 2.84. The van der Waals surface area contributed by atoms with Crippen molar-refractivity contribution < 1.29 is 5.11 Å². The van der Waals surface area contributed by atoms with Crippen LogP contribution in [-0.2, 0) is 12.8 Å². The molecule has 0 spiro atoms. The van der Waals surface area contributed by atoms with E-state index in [2.05, 4.69) is 27.2 Å². The maximum atomic E-state index is 9.86. The maximum absolute atomic E-state index is 9.86. The topological polar surface area (TPSA) is 87.3 Å². The van der Waals surface area contributed by atoms with Crippen LogP contribution in [-0.4, -0.2) is 48.4 Å². The van der Waals surface area contributed by atoms with Crippen LogP contribution in [0.3, 0.4) is 0 Å². The van der Waals surface area contributed by atoms with E-state index in [-0.39, 0.29) is 36.8 Å². The minimum absolute atomic E-state index is 0. The van der Waals surface area contributed by atoms with Gasteiger partial charge in [-0.1, -0.05) is 12.8 Å². The molecule has 138 valence electrons. The molecule has 0 amide bonds. The Hall–Kier alpha value is -0.820. The number of aromatic nitrogens is 2. The van der Waals surface area contributed by atoms with E-state index in [9.17, 15) is 5.11 Å². The fraction of sp³-hybridized carbons (Fsp3) is 0.750. The van der Waals surface area contributed by atoms with Gasteiger partial charge in [0, 0.05) is 37.5 Å². The Bertz CT molecular complexity index is 537. The number of aliphatic hydroxyl groups excluding tert-OH is 1. The van der Waals surface area contributed by atoms with Gasteiger partial charge < -0.3 is 21.1 Å². The van der Waals surface area contributed by atoms with E-state index in [0.29, 0.717) is 5.95 Å². The highest BCUT2D eigenvalue weighted by atomic mass is 35.5. The molecule has 2 heterocycles. The number of aliphatic hydroxyl groups is 1. The lowest BCUT2D eigenvalue weighted by molar-refractivity contribution is 0.136. The van der Waals surface area contributed by atoms with Crippen molar-refractivity contribution in [3.8, 4) is 0 Å². The lowest BCUT2D eigenvalue weighted by Gasteiger charge is -2.33. The Morgan fingerprint density at radius 1 is 1.17 bits per heavy atom. The predicted molar refractivity (Wildman–Crippen MR) is 102 cm³/mol. The molecule has 6 nitrogen and oxygen atoms in total. The number of rotatable bonds is 4.